The van der Waals surface area contributed by atoms with Crippen molar-refractivity contribution in [1.29, 1.82) is 0 Å². The van der Waals surface area contributed by atoms with Gasteiger partial charge in [0.1, 0.15) is 5.69 Å². The zero-order valence-electron chi connectivity index (χ0n) is 13.1. The third kappa shape index (κ3) is 4.12. The Bertz CT molecular complexity index is 845. The summed E-state index contributed by atoms with van der Waals surface area (Å²) in [5, 5.41) is 6.66. The zero-order chi connectivity index (χ0) is 16.9. The minimum absolute atomic E-state index is 0.264. The fraction of sp³-hybridized carbons (Fsp3) is 0.0526. The van der Waals surface area contributed by atoms with Crippen molar-refractivity contribution in [3.05, 3.63) is 83.1 Å². The predicted octanol–water partition coefficient (Wildman–Crippen LogP) is 5.04. The van der Waals surface area contributed by atoms with Crippen molar-refractivity contribution in [1.82, 2.24) is 4.98 Å². The molecule has 0 bridgehead atoms. The van der Waals surface area contributed by atoms with Crippen molar-refractivity contribution < 1.29 is 4.79 Å². The molecule has 5 heteroatoms. The Hall–Kier alpha value is -2.85. The summed E-state index contributed by atoms with van der Waals surface area (Å²) in [5.74, 6) is -0.264. The third-order valence-electron chi connectivity index (χ3n) is 3.40. The maximum atomic E-state index is 12.2. The van der Waals surface area contributed by atoms with Crippen molar-refractivity contribution in [3.8, 4) is 0 Å². The number of aryl methyl sites for hydroxylation is 1. The molecule has 0 fully saturated rings. The van der Waals surface area contributed by atoms with Crippen molar-refractivity contribution in [2.24, 2.45) is 0 Å². The van der Waals surface area contributed by atoms with Crippen LogP contribution in [0.15, 0.2) is 66.9 Å². The first-order valence-electron chi connectivity index (χ1n) is 7.47. The molecule has 0 unspecified atom stereocenters. The van der Waals surface area contributed by atoms with E-state index in [2.05, 4.69) is 15.6 Å². The molecule has 24 heavy (non-hydrogen) atoms. The maximum Gasteiger partial charge on any atom is 0.274 e. The van der Waals surface area contributed by atoms with E-state index in [-0.39, 0.29) is 5.91 Å². The highest BCUT2D eigenvalue weighted by Gasteiger charge is 2.07. The number of hydrogen-bond donors (Lipinski definition) is 2. The summed E-state index contributed by atoms with van der Waals surface area (Å²) in [6, 6.07) is 18.5. The van der Waals surface area contributed by atoms with Crippen molar-refractivity contribution in [3.63, 3.8) is 0 Å². The summed E-state index contributed by atoms with van der Waals surface area (Å²) in [6.45, 7) is 2.04. The first kappa shape index (κ1) is 16.0. The molecule has 0 radical (unpaired) electrons. The molecule has 3 aromatic rings. The highest BCUT2D eigenvalue weighted by Crippen LogP contribution is 2.18. The number of carbonyl (C=O) groups is 1. The summed E-state index contributed by atoms with van der Waals surface area (Å²) >= 11 is 5.83. The molecule has 0 aliphatic carbocycles. The van der Waals surface area contributed by atoms with Crippen LogP contribution in [0.25, 0.3) is 0 Å². The highest BCUT2D eigenvalue weighted by molar-refractivity contribution is 6.30. The number of nitrogens with one attached hydrogen (secondary N) is 2. The molecule has 0 spiro atoms. The van der Waals surface area contributed by atoms with Crippen LogP contribution < -0.4 is 10.6 Å². The molecule has 1 heterocycles. The van der Waals surface area contributed by atoms with E-state index < -0.39 is 0 Å². The van der Waals surface area contributed by atoms with Crippen LogP contribution in [0.2, 0.25) is 5.02 Å². The van der Waals surface area contributed by atoms with Gasteiger partial charge in [0, 0.05) is 16.4 Å². The molecular formula is C19H16ClN3O. The first-order chi connectivity index (χ1) is 11.6. The number of benzene rings is 2. The Morgan fingerprint density at radius 2 is 1.71 bits per heavy atom. The molecule has 0 saturated heterocycles. The van der Waals surface area contributed by atoms with Crippen LogP contribution in [-0.4, -0.2) is 10.9 Å². The van der Waals surface area contributed by atoms with Gasteiger partial charge in [-0.25, -0.2) is 4.98 Å². The van der Waals surface area contributed by atoms with Crippen molar-refractivity contribution in [2.45, 2.75) is 6.92 Å². The molecular weight excluding hydrogens is 322 g/mol. The van der Waals surface area contributed by atoms with Crippen LogP contribution >= 0.6 is 11.6 Å². The summed E-state index contributed by atoms with van der Waals surface area (Å²) in [7, 11) is 0. The number of nitrogens with zero attached hydrogens (tertiary/aromatic N) is 1. The van der Waals surface area contributed by atoms with Crippen LogP contribution in [0.5, 0.6) is 0 Å². The van der Waals surface area contributed by atoms with E-state index in [1.54, 1.807) is 36.5 Å². The van der Waals surface area contributed by atoms with Gasteiger partial charge in [0.2, 0.25) is 0 Å². The number of halogens is 1. The third-order valence-corrected chi connectivity index (χ3v) is 3.66. The van der Waals surface area contributed by atoms with Crippen LogP contribution in [-0.2, 0) is 0 Å². The lowest BCUT2D eigenvalue weighted by molar-refractivity contribution is 0.102. The average molecular weight is 338 g/mol. The van der Waals surface area contributed by atoms with E-state index in [0.717, 1.165) is 11.4 Å². The molecule has 0 aliphatic rings. The Balaban J connectivity index is 1.67. The van der Waals surface area contributed by atoms with Gasteiger partial charge in [0.25, 0.3) is 5.91 Å². The topological polar surface area (TPSA) is 54.0 Å². The fourth-order valence-corrected chi connectivity index (χ4v) is 2.35. The molecule has 4 nitrogen and oxygen atoms in total. The van der Waals surface area contributed by atoms with E-state index in [1.165, 1.54) is 5.56 Å². The molecule has 120 valence electrons. The number of pyridine rings is 1. The second-order valence-electron chi connectivity index (χ2n) is 5.39. The summed E-state index contributed by atoms with van der Waals surface area (Å²) in [4.78, 5) is 16.4. The highest BCUT2D eigenvalue weighted by atomic mass is 35.5. The molecule has 0 saturated carbocycles. The number of rotatable bonds is 4. The van der Waals surface area contributed by atoms with Crippen LogP contribution in [0.3, 0.4) is 0 Å². The van der Waals surface area contributed by atoms with Gasteiger partial charge < -0.3 is 10.6 Å². The van der Waals surface area contributed by atoms with Crippen molar-refractivity contribution in [2.75, 3.05) is 10.6 Å². The Kier molecular flexibility index (Phi) is 4.77. The summed E-state index contributed by atoms with van der Waals surface area (Å²) < 4.78 is 0. The molecule has 0 aliphatic heterocycles. The van der Waals surface area contributed by atoms with Gasteiger partial charge in [-0.2, -0.15) is 0 Å². The number of hydrogen-bond acceptors (Lipinski definition) is 3. The molecule has 1 amide bonds. The van der Waals surface area contributed by atoms with Gasteiger partial charge in [-0.3, -0.25) is 4.79 Å². The standard InChI is InChI=1S/C19H16ClN3O/c1-13-3-2-4-16(11-13)22-17-9-10-18(21-12-17)19(24)23-15-7-5-14(20)6-8-15/h2-12,22H,1H3,(H,23,24). The number of aromatic nitrogens is 1. The van der Waals surface area contributed by atoms with E-state index >= 15 is 0 Å². The monoisotopic (exact) mass is 337 g/mol. The number of anilines is 3. The quantitative estimate of drug-likeness (QED) is 0.701. The smallest absolute Gasteiger partial charge is 0.274 e. The number of amides is 1. The lowest BCUT2D eigenvalue weighted by atomic mass is 10.2. The van der Waals surface area contributed by atoms with E-state index in [4.69, 9.17) is 11.6 Å². The predicted molar refractivity (Wildman–Crippen MR) is 98.1 cm³/mol. The second kappa shape index (κ2) is 7.15. The van der Waals surface area contributed by atoms with Gasteiger partial charge >= 0.3 is 0 Å². The minimum Gasteiger partial charge on any atom is -0.354 e. The number of carbonyl (C=O) groups excluding carboxylic acids is 1. The van der Waals surface area contributed by atoms with Gasteiger partial charge in [-0.1, -0.05) is 23.7 Å². The molecule has 3 rings (SSSR count). The molecule has 1 aromatic heterocycles. The molecule has 0 atom stereocenters. The van der Waals surface area contributed by atoms with Crippen LogP contribution in [0.1, 0.15) is 16.1 Å². The Morgan fingerprint density at radius 1 is 0.958 bits per heavy atom. The fourth-order valence-electron chi connectivity index (χ4n) is 2.22. The second-order valence-corrected chi connectivity index (χ2v) is 5.82. The van der Waals surface area contributed by atoms with Crippen LogP contribution in [0, 0.1) is 6.92 Å². The largest absolute Gasteiger partial charge is 0.354 e. The van der Waals surface area contributed by atoms with Gasteiger partial charge in [-0.15, -0.1) is 0 Å². The lowest BCUT2D eigenvalue weighted by Crippen LogP contribution is -2.13. The van der Waals surface area contributed by atoms with Gasteiger partial charge in [-0.05, 0) is 61.0 Å². The normalized spacial score (nSPS) is 10.2. The zero-order valence-corrected chi connectivity index (χ0v) is 13.8. The average Bonchev–Trinajstić information content (AvgIpc) is 2.57. The summed E-state index contributed by atoms with van der Waals surface area (Å²) in [5.41, 5.74) is 4.00. The van der Waals surface area contributed by atoms with Crippen LogP contribution in [0.4, 0.5) is 17.1 Å². The Labute approximate surface area is 145 Å². The minimum atomic E-state index is -0.264. The first-order valence-corrected chi connectivity index (χ1v) is 7.84. The Morgan fingerprint density at radius 3 is 2.38 bits per heavy atom. The van der Waals surface area contributed by atoms with E-state index in [0.29, 0.717) is 16.4 Å². The summed E-state index contributed by atoms with van der Waals surface area (Å²) in [6.07, 6.45) is 1.64. The lowest BCUT2D eigenvalue weighted by Gasteiger charge is -2.08. The maximum absolute atomic E-state index is 12.2. The van der Waals surface area contributed by atoms with E-state index in [9.17, 15) is 4.79 Å². The SMILES string of the molecule is Cc1cccc(Nc2ccc(C(=O)Nc3ccc(Cl)cc3)nc2)c1. The molecule has 2 aromatic carbocycles. The van der Waals surface area contributed by atoms with Crippen molar-refractivity contribution >= 4 is 34.6 Å². The molecule has 2 N–H and O–H groups in total. The van der Waals surface area contributed by atoms with Gasteiger partial charge in [0.05, 0.1) is 11.9 Å². The van der Waals surface area contributed by atoms with E-state index in [1.807, 2.05) is 37.3 Å². The van der Waals surface area contributed by atoms with Gasteiger partial charge in [0.15, 0.2) is 0 Å².